The van der Waals surface area contributed by atoms with Crippen molar-refractivity contribution in [2.24, 2.45) is 5.41 Å². The van der Waals surface area contributed by atoms with Gasteiger partial charge in [0.25, 0.3) is 0 Å². The van der Waals surface area contributed by atoms with E-state index in [0.717, 1.165) is 15.6 Å². The lowest BCUT2D eigenvalue weighted by Gasteiger charge is -2.19. The molecule has 0 amide bonds. The number of halogens is 2. The van der Waals surface area contributed by atoms with Crippen LogP contribution in [0.25, 0.3) is 0 Å². The Morgan fingerprint density at radius 1 is 1.47 bits per heavy atom. The third kappa shape index (κ3) is 2.82. The zero-order valence-corrected chi connectivity index (χ0v) is 11.4. The van der Waals surface area contributed by atoms with E-state index in [1.54, 1.807) is 0 Å². The number of carbonyl (C=O) groups excluding carboxylic acids is 1. The number of aryl methyl sites for hydroxylation is 1. The minimum atomic E-state index is -0.498. The lowest BCUT2D eigenvalue weighted by atomic mass is 9.86. The minimum Gasteiger partial charge on any atom is -0.294 e. The molecule has 1 nitrogen and oxygen atoms in total. The summed E-state index contributed by atoms with van der Waals surface area (Å²) in [6, 6.07) is 5.61. The molecule has 1 aromatic carbocycles. The van der Waals surface area contributed by atoms with Gasteiger partial charge in [-0.15, -0.1) is 11.6 Å². The largest absolute Gasteiger partial charge is 0.294 e. The average molecular weight is 290 g/mol. The third-order valence-corrected chi connectivity index (χ3v) is 3.93. The first-order valence-electron chi connectivity index (χ1n) is 4.75. The summed E-state index contributed by atoms with van der Waals surface area (Å²) < 4.78 is 1.02. The summed E-state index contributed by atoms with van der Waals surface area (Å²) in [5, 5.41) is 0. The maximum atomic E-state index is 12.1. The minimum absolute atomic E-state index is 0.0908. The van der Waals surface area contributed by atoms with E-state index < -0.39 is 5.41 Å². The van der Waals surface area contributed by atoms with Crippen molar-refractivity contribution in [3.63, 3.8) is 0 Å². The van der Waals surface area contributed by atoms with Crippen LogP contribution in [0.15, 0.2) is 22.7 Å². The molecule has 15 heavy (non-hydrogen) atoms. The number of ketones is 1. The highest BCUT2D eigenvalue weighted by Gasteiger charge is 2.27. The first-order chi connectivity index (χ1) is 6.88. The van der Waals surface area contributed by atoms with Crippen LogP contribution in [0, 0.1) is 12.3 Å². The van der Waals surface area contributed by atoms with Gasteiger partial charge in [0, 0.05) is 21.3 Å². The predicted molar refractivity (Wildman–Crippen MR) is 67.7 cm³/mol. The number of benzene rings is 1. The highest BCUT2D eigenvalue weighted by molar-refractivity contribution is 9.10. The highest BCUT2D eigenvalue weighted by atomic mass is 79.9. The summed E-state index contributed by atoms with van der Waals surface area (Å²) in [7, 11) is 0. The number of rotatable bonds is 3. The Morgan fingerprint density at radius 2 is 2.07 bits per heavy atom. The molecule has 82 valence electrons. The SMILES string of the molecule is Cc1cc(C(=O)C(C)(C)CCl)ccc1Br. The van der Waals surface area contributed by atoms with Crippen LogP contribution in [-0.2, 0) is 0 Å². The second-order valence-corrected chi connectivity index (χ2v) is 5.43. The lowest BCUT2D eigenvalue weighted by Crippen LogP contribution is -2.26. The van der Waals surface area contributed by atoms with Crippen LogP contribution in [-0.4, -0.2) is 11.7 Å². The summed E-state index contributed by atoms with van der Waals surface area (Å²) in [6.07, 6.45) is 0. The van der Waals surface area contributed by atoms with E-state index in [9.17, 15) is 4.79 Å². The Balaban J connectivity index is 3.08. The van der Waals surface area contributed by atoms with Gasteiger partial charge in [-0.1, -0.05) is 35.8 Å². The van der Waals surface area contributed by atoms with Gasteiger partial charge in [-0.25, -0.2) is 0 Å². The first kappa shape index (κ1) is 12.7. The predicted octanol–water partition coefficient (Wildman–Crippen LogP) is 4.21. The second kappa shape index (κ2) is 4.67. The zero-order chi connectivity index (χ0) is 11.6. The fourth-order valence-corrected chi connectivity index (χ4v) is 1.61. The van der Waals surface area contributed by atoms with Gasteiger partial charge in [0.05, 0.1) is 0 Å². The number of hydrogen-bond donors (Lipinski definition) is 0. The topological polar surface area (TPSA) is 17.1 Å². The monoisotopic (exact) mass is 288 g/mol. The summed E-state index contributed by atoms with van der Waals surface area (Å²) in [5.74, 6) is 0.425. The van der Waals surface area contributed by atoms with Crippen molar-refractivity contribution in [3.05, 3.63) is 33.8 Å². The van der Waals surface area contributed by atoms with Crippen molar-refractivity contribution in [3.8, 4) is 0 Å². The number of hydrogen-bond acceptors (Lipinski definition) is 1. The molecule has 1 aromatic rings. The van der Waals surface area contributed by atoms with Crippen LogP contribution >= 0.6 is 27.5 Å². The number of Topliss-reactive ketones (excluding diaryl/α,β-unsaturated/α-hetero) is 1. The van der Waals surface area contributed by atoms with Gasteiger partial charge in [0.2, 0.25) is 0 Å². The maximum Gasteiger partial charge on any atom is 0.169 e. The second-order valence-electron chi connectivity index (χ2n) is 4.31. The van der Waals surface area contributed by atoms with Gasteiger partial charge in [-0.2, -0.15) is 0 Å². The van der Waals surface area contributed by atoms with Crippen LogP contribution in [0.5, 0.6) is 0 Å². The van der Waals surface area contributed by atoms with Crippen molar-refractivity contribution in [2.75, 3.05) is 5.88 Å². The average Bonchev–Trinajstić information content (AvgIpc) is 2.21. The normalized spacial score (nSPS) is 11.5. The first-order valence-corrected chi connectivity index (χ1v) is 6.08. The molecule has 0 aromatic heterocycles. The lowest BCUT2D eigenvalue weighted by molar-refractivity contribution is 0.0862. The van der Waals surface area contributed by atoms with E-state index in [-0.39, 0.29) is 5.78 Å². The standard InChI is InChI=1S/C12H14BrClO/c1-8-6-9(4-5-10(8)13)11(15)12(2,3)7-14/h4-6H,7H2,1-3H3. The molecule has 0 fully saturated rings. The molecule has 0 spiro atoms. The molecular weight excluding hydrogens is 275 g/mol. The molecule has 0 aliphatic rings. The molecule has 0 N–H and O–H groups in total. The molecule has 0 unspecified atom stereocenters. The van der Waals surface area contributed by atoms with E-state index >= 15 is 0 Å². The van der Waals surface area contributed by atoms with Crippen molar-refractivity contribution in [2.45, 2.75) is 20.8 Å². The molecule has 3 heteroatoms. The van der Waals surface area contributed by atoms with Crippen molar-refractivity contribution in [1.82, 2.24) is 0 Å². The summed E-state index contributed by atoms with van der Waals surface area (Å²) in [4.78, 5) is 12.1. The summed E-state index contributed by atoms with van der Waals surface area (Å²) in [6.45, 7) is 5.69. The van der Waals surface area contributed by atoms with Crippen molar-refractivity contribution >= 4 is 33.3 Å². The van der Waals surface area contributed by atoms with E-state index in [0.29, 0.717) is 5.88 Å². The van der Waals surface area contributed by atoms with Gasteiger partial charge >= 0.3 is 0 Å². The van der Waals surface area contributed by atoms with Crippen molar-refractivity contribution < 1.29 is 4.79 Å². The van der Waals surface area contributed by atoms with Gasteiger partial charge in [0.15, 0.2) is 5.78 Å². The third-order valence-electron chi connectivity index (χ3n) is 2.37. The van der Waals surface area contributed by atoms with Gasteiger partial charge < -0.3 is 0 Å². The van der Waals surface area contributed by atoms with E-state index in [2.05, 4.69) is 15.9 Å². The molecular formula is C12H14BrClO. The van der Waals surface area contributed by atoms with E-state index in [4.69, 9.17) is 11.6 Å². The highest BCUT2D eigenvalue weighted by Crippen LogP contribution is 2.25. The Labute approximate surface area is 104 Å². The quantitative estimate of drug-likeness (QED) is 0.602. The Bertz CT molecular complexity index is 385. The van der Waals surface area contributed by atoms with Gasteiger partial charge in [-0.3, -0.25) is 4.79 Å². The summed E-state index contributed by atoms with van der Waals surface area (Å²) >= 11 is 9.19. The molecule has 0 aliphatic carbocycles. The van der Waals surface area contributed by atoms with Gasteiger partial charge in [0.1, 0.15) is 0 Å². The molecule has 0 aliphatic heterocycles. The Morgan fingerprint density at radius 3 is 2.53 bits per heavy atom. The molecule has 0 saturated carbocycles. The van der Waals surface area contributed by atoms with Crippen LogP contribution in [0.4, 0.5) is 0 Å². The van der Waals surface area contributed by atoms with Crippen molar-refractivity contribution in [1.29, 1.82) is 0 Å². The number of carbonyl (C=O) groups is 1. The molecule has 0 heterocycles. The van der Waals surface area contributed by atoms with Crippen LogP contribution < -0.4 is 0 Å². The van der Waals surface area contributed by atoms with Crippen LogP contribution in [0.3, 0.4) is 0 Å². The van der Waals surface area contributed by atoms with E-state index in [1.807, 2.05) is 39.0 Å². The fraction of sp³-hybridized carbons (Fsp3) is 0.417. The molecule has 0 radical (unpaired) electrons. The van der Waals surface area contributed by atoms with E-state index in [1.165, 1.54) is 0 Å². The molecule has 0 atom stereocenters. The zero-order valence-electron chi connectivity index (χ0n) is 9.10. The molecule has 0 saturated heterocycles. The fourth-order valence-electron chi connectivity index (χ4n) is 1.24. The Hall–Kier alpha value is -0.340. The maximum absolute atomic E-state index is 12.1. The smallest absolute Gasteiger partial charge is 0.169 e. The molecule has 0 bridgehead atoms. The van der Waals surface area contributed by atoms with Crippen LogP contribution in [0.1, 0.15) is 29.8 Å². The van der Waals surface area contributed by atoms with Gasteiger partial charge in [-0.05, 0) is 24.6 Å². The summed E-state index contributed by atoms with van der Waals surface area (Å²) in [5.41, 5.74) is 1.29. The molecule has 1 rings (SSSR count). The number of alkyl halides is 1. The Kier molecular flexibility index (Phi) is 3.96. The van der Waals surface area contributed by atoms with Crippen LogP contribution in [0.2, 0.25) is 0 Å².